The molecule has 1 aliphatic rings. The van der Waals surface area contributed by atoms with Crippen molar-refractivity contribution in [2.24, 2.45) is 29.1 Å². The van der Waals surface area contributed by atoms with Gasteiger partial charge in [-0.25, -0.2) is 0 Å². The van der Waals surface area contributed by atoms with Crippen LogP contribution in [0.15, 0.2) is 12.2 Å². The van der Waals surface area contributed by atoms with Crippen LogP contribution in [0.3, 0.4) is 0 Å². The molecule has 0 spiro atoms. The molecule has 0 saturated heterocycles. The van der Waals surface area contributed by atoms with E-state index in [1.807, 2.05) is 0 Å². The highest BCUT2D eigenvalue weighted by atomic mass is 14.5. The standard InChI is InChI=1S/C16H30/c1-11(2)14-8-9-15(10-14)16(7,12(3)4)13(5)6/h11,13-15H,3,8-10H2,1-2,4-7H3. The maximum absolute atomic E-state index is 4.26. The molecule has 1 aliphatic carbocycles. The normalized spacial score (nSPS) is 29.8. The third-order valence-electron chi connectivity index (χ3n) is 5.38. The van der Waals surface area contributed by atoms with Crippen LogP contribution in [0.4, 0.5) is 0 Å². The van der Waals surface area contributed by atoms with E-state index in [-0.39, 0.29) is 0 Å². The van der Waals surface area contributed by atoms with Gasteiger partial charge < -0.3 is 0 Å². The quantitative estimate of drug-likeness (QED) is 0.566. The fourth-order valence-corrected chi connectivity index (χ4v) is 3.48. The summed E-state index contributed by atoms with van der Waals surface area (Å²) in [6, 6.07) is 0. The van der Waals surface area contributed by atoms with E-state index in [2.05, 4.69) is 48.1 Å². The molecule has 0 N–H and O–H groups in total. The summed E-state index contributed by atoms with van der Waals surface area (Å²) >= 11 is 0. The molecule has 0 aromatic rings. The summed E-state index contributed by atoms with van der Waals surface area (Å²) in [5.74, 6) is 3.37. The average molecular weight is 222 g/mol. The molecule has 3 atom stereocenters. The molecule has 0 nitrogen and oxygen atoms in total. The van der Waals surface area contributed by atoms with Gasteiger partial charge in [0.25, 0.3) is 0 Å². The fraction of sp³-hybridized carbons (Fsp3) is 0.875. The maximum atomic E-state index is 4.26. The Hall–Kier alpha value is -0.260. The lowest BCUT2D eigenvalue weighted by molar-refractivity contribution is 0.157. The lowest BCUT2D eigenvalue weighted by Crippen LogP contribution is -2.32. The van der Waals surface area contributed by atoms with Gasteiger partial charge in [0.15, 0.2) is 0 Å². The monoisotopic (exact) mass is 222 g/mol. The van der Waals surface area contributed by atoms with Gasteiger partial charge >= 0.3 is 0 Å². The van der Waals surface area contributed by atoms with Gasteiger partial charge in [0.05, 0.1) is 0 Å². The minimum atomic E-state index is 0.351. The first-order chi connectivity index (χ1) is 7.30. The Morgan fingerprint density at radius 3 is 2.06 bits per heavy atom. The smallest absolute Gasteiger partial charge is 0.00705 e. The molecule has 3 unspecified atom stereocenters. The largest absolute Gasteiger partial charge is 0.0996 e. The Labute approximate surface area is 103 Å². The zero-order valence-corrected chi connectivity index (χ0v) is 12.1. The molecule has 16 heavy (non-hydrogen) atoms. The minimum Gasteiger partial charge on any atom is -0.0996 e. The lowest BCUT2D eigenvalue weighted by Gasteiger charge is -2.41. The molecule has 0 bridgehead atoms. The molecule has 0 aromatic carbocycles. The van der Waals surface area contributed by atoms with Gasteiger partial charge in [-0.3, -0.25) is 0 Å². The van der Waals surface area contributed by atoms with Crippen molar-refractivity contribution in [3.8, 4) is 0 Å². The van der Waals surface area contributed by atoms with Crippen LogP contribution in [0.1, 0.15) is 60.8 Å². The number of rotatable bonds is 4. The molecule has 0 aromatic heterocycles. The second kappa shape index (κ2) is 4.94. The predicted molar refractivity (Wildman–Crippen MR) is 73.4 cm³/mol. The topological polar surface area (TPSA) is 0 Å². The summed E-state index contributed by atoms with van der Waals surface area (Å²) in [7, 11) is 0. The molecule has 1 saturated carbocycles. The van der Waals surface area contributed by atoms with E-state index >= 15 is 0 Å². The van der Waals surface area contributed by atoms with Gasteiger partial charge in [-0.15, -0.1) is 0 Å². The summed E-state index contributed by atoms with van der Waals surface area (Å²) in [6.07, 6.45) is 4.25. The molecule has 94 valence electrons. The molecule has 0 heteroatoms. The summed E-state index contributed by atoms with van der Waals surface area (Å²) in [6.45, 7) is 18.4. The summed E-state index contributed by atoms with van der Waals surface area (Å²) in [5.41, 5.74) is 1.74. The Kier molecular flexibility index (Phi) is 4.26. The first-order valence-corrected chi connectivity index (χ1v) is 6.96. The Bertz CT molecular complexity index is 249. The number of allylic oxidation sites excluding steroid dienone is 1. The maximum Gasteiger partial charge on any atom is -0.00705 e. The highest BCUT2D eigenvalue weighted by Gasteiger charge is 2.42. The first kappa shape index (κ1) is 13.8. The van der Waals surface area contributed by atoms with E-state index in [0.717, 1.165) is 17.8 Å². The zero-order valence-electron chi connectivity index (χ0n) is 12.1. The molecule has 1 fully saturated rings. The Balaban J connectivity index is 2.80. The summed E-state index contributed by atoms with van der Waals surface area (Å²) in [4.78, 5) is 0. The van der Waals surface area contributed by atoms with E-state index in [9.17, 15) is 0 Å². The van der Waals surface area contributed by atoms with Crippen LogP contribution in [0, 0.1) is 29.1 Å². The van der Waals surface area contributed by atoms with Gasteiger partial charge in [-0.1, -0.05) is 46.8 Å². The van der Waals surface area contributed by atoms with Crippen LogP contribution < -0.4 is 0 Å². The van der Waals surface area contributed by atoms with E-state index in [0.29, 0.717) is 11.3 Å². The number of hydrogen-bond donors (Lipinski definition) is 0. The summed E-state index contributed by atoms with van der Waals surface area (Å²) < 4.78 is 0. The molecule has 0 amide bonds. The predicted octanol–water partition coefficient (Wildman–Crippen LogP) is 5.30. The van der Waals surface area contributed by atoms with Crippen molar-refractivity contribution in [3.63, 3.8) is 0 Å². The highest BCUT2D eigenvalue weighted by Crippen LogP contribution is 2.51. The van der Waals surface area contributed by atoms with E-state index < -0.39 is 0 Å². The molecular weight excluding hydrogens is 192 g/mol. The summed E-state index contributed by atoms with van der Waals surface area (Å²) in [5, 5.41) is 0. The molecule has 0 aliphatic heterocycles. The molecule has 0 heterocycles. The van der Waals surface area contributed by atoms with Crippen molar-refractivity contribution >= 4 is 0 Å². The SMILES string of the molecule is C=C(C)C(C)(C(C)C)C1CCC(C(C)C)C1. The van der Waals surface area contributed by atoms with Crippen LogP contribution in [0.2, 0.25) is 0 Å². The second-order valence-corrected chi connectivity index (χ2v) is 6.73. The van der Waals surface area contributed by atoms with Crippen molar-refractivity contribution in [2.45, 2.75) is 60.8 Å². The van der Waals surface area contributed by atoms with Gasteiger partial charge in [0.1, 0.15) is 0 Å². The highest BCUT2D eigenvalue weighted by molar-refractivity contribution is 5.11. The van der Waals surface area contributed by atoms with Crippen molar-refractivity contribution in [2.75, 3.05) is 0 Å². The Morgan fingerprint density at radius 1 is 1.19 bits per heavy atom. The first-order valence-electron chi connectivity index (χ1n) is 6.96. The Morgan fingerprint density at radius 2 is 1.75 bits per heavy atom. The van der Waals surface area contributed by atoms with Gasteiger partial charge in [0.2, 0.25) is 0 Å². The third-order valence-corrected chi connectivity index (χ3v) is 5.38. The number of hydrogen-bond acceptors (Lipinski definition) is 0. The van der Waals surface area contributed by atoms with Gasteiger partial charge in [-0.2, -0.15) is 0 Å². The van der Waals surface area contributed by atoms with Crippen LogP contribution in [-0.4, -0.2) is 0 Å². The lowest BCUT2D eigenvalue weighted by atomic mass is 9.64. The minimum absolute atomic E-state index is 0.351. The molecular formula is C16H30. The van der Waals surface area contributed by atoms with E-state index in [1.165, 1.54) is 24.8 Å². The van der Waals surface area contributed by atoms with Gasteiger partial charge in [0, 0.05) is 0 Å². The van der Waals surface area contributed by atoms with Crippen molar-refractivity contribution in [3.05, 3.63) is 12.2 Å². The van der Waals surface area contributed by atoms with Crippen LogP contribution >= 0.6 is 0 Å². The van der Waals surface area contributed by atoms with Crippen molar-refractivity contribution < 1.29 is 0 Å². The zero-order chi connectivity index (χ0) is 12.5. The van der Waals surface area contributed by atoms with E-state index in [1.54, 1.807) is 0 Å². The third kappa shape index (κ3) is 2.36. The van der Waals surface area contributed by atoms with Crippen molar-refractivity contribution in [1.82, 2.24) is 0 Å². The van der Waals surface area contributed by atoms with Crippen LogP contribution in [-0.2, 0) is 0 Å². The van der Waals surface area contributed by atoms with Crippen LogP contribution in [0.25, 0.3) is 0 Å². The average Bonchev–Trinajstić information content (AvgIpc) is 2.64. The fourth-order valence-electron chi connectivity index (χ4n) is 3.48. The van der Waals surface area contributed by atoms with Crippen molar-refractivity contribution in [1.29, 1.82) is 0 Å². The molecule has 1 rings (SSSR count). The van der Waals surface area contributed by atoms with E-state index in [4.69, 9.17) is 0 Å². The van der Waals surface area contributed by atoms with Crippen LogP contribution in [0.5, 0.6) is 0 Å². The van der Waals surface area contributed by atoms with Gasteiger partial charge in [-0.05, 0) is 55.3 Å². The molecule has 0 radical (unpaired) electrons. The second-order valence-electron chi connectivity index (χ2n) is 6.73.